The lowest BCUT2D eigenvalue weighted by molar-refractivity contribution is -0.0156. The summed E-state index contributed by atoms with van der Waals surface area (Å²) >= 11 is 0. The predicted octanol–water partition coefficient (Wildman–Crippen LogP) is 7.05. The fourth-order valence-corrected chi connectivity index (χ4v) is 4.28. The maximum atomic E-state index is 6.10. The van der Waals surface area contributed by atoms with Crippen LogP contribution in [0.5, 0.6) is 0 Å². The zero-order chi connectivity index (χ0) is 23.2. The molecule has 3 atom stereocenters. The average molecular weight is 467 g/mol. The Labute approximate surface area is 194 Å². The Morgan fingerprint density at radius 2 is 0.774 bits per heavy atom. The van der Waals surface area contributed by atoms with E-state index >= 15 is 0 Å². The van der Waals surface area contributed by atoms with E-state index in [1.54, 1.807) is 0 Å². The Balaban J connectivity index is 4.86. The maximum Gasteiger partial charge on any atom is 0.332 e. The molecular weight excluding hydrogens is 415 g/mol. The summed E-state index contributed by atoms with van der Waals surface area (Å²) in [5.74, 6) is 0. The van der Waals surface area contributed by atoms with E-state index in [0.717, 1.165) is 57.8 Å². The molecule has 0 rings (SSSR count). The average Bonchev–Trinajstić information content (AvgIpc) is 2.78. The Morgan fingerprint density at radius 3 is 1.00 bits per heavy atom. The molecule has 188 valence electrons. The van der Waals surface area contributed by atoms with Crippen LogP contribution in [0, 0.1) is 0 Å². The fourth-order valence-electron chi connectivity index (χ4n) is 3.19. The lowest BCUT2D eigenvalue weighted by Crippen LogP contribution is -2.23. The molecule has 0 saturated heterocycles. The molecule has 0 aromatic heterocycles. The highest BCUT2D eigenvalue weighted by atomic mass is 31.2. The Morgan fingerprint density at radius 1 is 0.484 bits per heavy atom. The number of unbranched alkanes of at least 4 members (excludes halogenated alkanes) is 3. The fraction of sp³-hybridized carbons (Fsp3) is 1.00. The zero-order valence-corrected chi connectivity index (χ0v) is 22.1. The van der Waals surface area contributed by atoms with Gasteiger partial charge in [0.05, 0.1) is 38.1 Å². The predicted molar refractivity (Wildman–Crippen MR) is 130 cm³/mol. The topological polar surface area (TPSA) is 55.4 Å². The molecule has 0 spiro atoms. The smallest absolute Gasteiger partial charge is 0.332 e. The van der Waals surface area contributed by atoms with Gasteiger partial charge in [0.2, 0.25) is 0 Å². The van der Waals surface area contributed by atoms with Crippen molar-refractivity contribution in [3.8, 4) is 0 Å². The van der Waals surface area contributed by atoms with E-state index in [4.69, 9.17) is 27.8 Å². The number of ether oxygens (including phenoxy) is 3. The van der Waals surface area contributed by atoms with E-state index < -0.39 is 8.60 Å². The van der Waals surface area contributed by atoms with Crippen LogP contribution in [0.2, 0.25) is 0 Å². The van der Waals surface area contributed by atoms with Crippen LogP contribution in [-0.2, 0) is 27.8 Å². The van der Waals surface area contributed by atoms with Crippen molar-refractivity contribution in [2.45, 2.75) is 118 Å². The van der Waals surface area contributed by atoms with Crippen LogP contribution in [-0.4, -0.2) is 58.0 Å². The molecule has 7 heteroatoms. The third-order valence-corrected chi connectivity index (χ3v) is 6.02. The van der Waals surface area contributed by atoms with Crippen LogP contribution in [0.1, 0.15) is 99.3 Å². The highest BCUT2D eigenvalue weighted by Gasteiger charge is 2.21. The maximum absolute atomic E-state index is 6.10. The van der Waals surface area contributed by atoms with Gasteiger partial charge >= 0.3 is 8.60 Å². The Kier molecular flexibility index (Phi) is 23.5. The molecule has 0 heterocycles. The first-order valence-corrected chi connectivity index (χ1v) is 13.8. The second kappa shape index (κ2) is 23.4. The lowest BCUT2D eigenvalue weighted by atomic mass is 10.2. The molecule has 0 N–H and O–H groups in total. The van der Waals surface area contributed by atoms with E-state index in [0.29, 0.717) is 39.6 Å². The van der Waals surface area contributed by atoms with Crippen molar-refractivity contribution in [3.63, 3.8) is 0 Å². The molecule has 0 amide bonds. The van der Waals surface area contributed by atoms with Gasteiger partial charge in [0.1, 0.15) is 0 Å². The second-order valence-electron chi connectivity index (χ2n) is 7.77. The molecule has 0 bridgehead atoms. The molecule has 0 aromatic carbocycles. The van der Waals surface area contributed by atoms with Crippen LogP contribution in [0.25, 0.3) is 0 Å². The minimum Gasteiger partial charge on any atom is -0.376 e. The summed E-state index contributed by atoms with van der Waals surface area (Å²) in [6.07, 6.45) is 10.0. The van der Waals surface area contributed by atoms with Gasteiger partial charge in [0.25, 0.3) is 0 Å². The van der Waals surface area contributed by atoms with Crippen molar-refractivity contribution in [1.29, 1.82) is 0 Å². The van der Waals surface area contributed by atoms with Gasteiger partial charge in [0, 0.05) is 19.8 Å². The highest BCUT2D eigenvalue weighted by molar-refractivity contribution is 7.41. The van der Waals surface area contributed by atoms with E-state index in [-0.39, 0.29) is 18.3 Å². The first-order valence-electron chi connectivity index (χ1n) is 12.7. The summed E-state index contributed by atoms with van der Waals surface area (Å²) in [5, 5.41) is 0. The van der Waals surface area contributed by atoms with Gasteiger partial charge in [-0.05, 0) is 40.0 Å². The monoisotopic (exact) mass is 466 g/mol. The van der Waals surface area contributed by atoms with Crippen LogP contribution in [0.15, 0.2) is 0 Å². The summed E-state index contributed by atoms with van der Waals surface area (Å²) in [5.41, 5.74) is 0. The van der Waals surface area contributed by atoms with Gasteiger partial charge in [-0.15, -0.1) is 0 Å². The summed E-state index contributed by atoms with van der Waals surface area (Å²) in [6.45, 7) is 16.2. The number of rotatable bonds is 24. The van der Waals surface area contributed by atoms with Crippen LogP contribution in [0.4, 0.5) is 0 Å². The number of hydrogen-bond acceptors (Lipinski definition) is 6. The van der Waals surface area contributed by atoms with Gasteiger partial charge < -0.3 is 27.8 Å². The van der Waals surface area contributed by atoms with Crippen molar-refractivity contribution < 1.29 is 27.8 Å². The molecule has 31 heavy (non-hydrogen) atoms. The van der Waals surface area contributed by atoms with Gasteiger partial charge in [0.15, 0.2) is 0 Å². The zero-order valence-electron chi connectivity index (χ0n) is 21.2. The van der Waals surface area contributed by atoms with Crippen molar-refractivity contribution in [1.82, 2.24) is 0 Å². The van der Waals surface area contributed by atoms with E-state index in [1.807, 2.05) is 20.8 Å². The third kappa shape index (κ3) is 18.3. The van der Waals surface area contributed by atoms with Crippen molar-refractivity contribution in [3.05, 3.63) is 0 Å². The van der Waals surface area contributed by atoms with Crippen LogP contribution in [0.3, 0.4) is 0 Å². The first kappa shape index (κ1) is 31.2. The number of hydrogen-bond donors (Lipinski definition) is 0. The van der Waals surface area contributed by atoms with Crippen LogP contribution >= 0.6 is 8.60 Å². The molecule has 0 radical (unpaired) electrons. The van der Waals surface area contributed by atoms with Gasteiger partial charge in [-0.2, -0.15) is 0 Å². The van der Waals surface area contributed by atoms with Gasteiger partial charge in [-0.25, -0.2) is 0 Å². The molecular formula is C24H51O6P. The second-order valence-corrected chi connectivity index (χ2v) is 8.99. The molecule has 0 aliphatic carbocycles. The quantitative estimate of drug-likeness (QED) is 0.142. The standard InChI is InChI=1S/C24H51O6P/c1-7-13-16-22(25-10-4)19-28-31(29-20-23(26-11-5)17-14-8-2)30-21-24(27-12-6)18-15-9-3/h22-24H,7-21H2,1-6H3. The summed E-state index contributed by atoms with van der Waals surface area (Å²) in [6, 6.07) is 0. The molecule has 6 nitrogen and oxygen atoms in total. The largest absolute Gasteiger partial charge is 0.376 e. The molecule has 0 aliphatic heterocycles. The molecule has 0 aliphatic rings. The molecule has 0 fully saturated rings. The summed E-state index contributed by atoms with van der Waals surface area (Å²) < 4.78 is 35.9. The lowest BCUT2D eigenvalue weighted by Gasteiger charge is -2.25. The Bertz CT molecular complexity index is 309. The Hall–Kier alpha value is 0.190. The minimum absolute atomic E-state index is 0.0766. The minimum atomic E-state index is -1.48. The van der Waals surface area contributed by atoms with Crippen molar-refractivity contribution >= 4 is 8.60 Å². The normalized spacial score (nSPS) is 15.7. The van der Waals surface area contributed by atoms with Crippen molar-refractivity contribution in [2.75, 3.05) is 39.6 Å². The molecule has 0 aromatic rings. The summed E-state index contributed by atoms with van der Waals surface area (Å²) in [4.78, 5) is 0. The van der Waals surface area contributed by atoms with E-state index in [9.17, 15) is 0 Å². The molecule has 0 saturated carbocycles. The first-order chi connectivity index (χ1) is 15.1. The third-order valence-electron chi connectivity index (χ3n) is 4.94. The SMILES string of the molecule is CCCCC(COP(OCC(CCCC)OCC)OCC(CCCC)OCC)OCC. The van der Waals surface area contributed by atoms with Gasteiger partial charge in [-0.3, -0.25) is 0 Å². The van der Waals surface area contributed by atoms with Crippen LogP contribution < -0.4 is 0 Å². The summed E-state index contributed by atoms with van der Waals surface area (Å²) in [7, 11) is -1.48. The van der Waals surface area contributed by atoms with E-state index in [2.05, 4.69) is 20.8 Å². The molecule has 3 unspecified atom stereocenters. The highest BCUT2D eigenvalue weighted by Crippen LogP contribution is 2.41. The van der Waals surface area contributed by atoms with Crippen molar-refractivity contribution in [2.24, 2.45) is 0 Å². The van der Waals surface area contributed by atoms with E-state index in [1.165, 1.54) is 0 Å². The van der Waals surface area contributed by atoms with Gasteiger partial charge in [-0.1, -0.05) is 59.3 Å².